The van der Waals surface area contributed by atoms with E-state index < -0.39 is 0 Å². The normalized spacial score (nSPS) is 11.9. The van der Waals surface area contributed by atoms with Crippen LogP contribution in [0.2, 0.25) is 0 Å². The molecule has 35 heavy (non-hydrogen) atoms. The van der Waals surface area contributed by atoms with Crippen LogP contribution < -0.4 is 14.8 Å². The van der Waals surface area contributed by atoms with Gasteiger partial charge in [-0.25, -0.2) is 0 Å². The van der Waals surface area contributed by atoms with E-state index in [0.29, 0.717) is 12.2 Å². The molecule has 0 saturated heterocycles. The number of benzene rings is 4. The zero-order valence-electron chi connectivity index (χ0n) is 19.0. The van der Waals surface area contributed by atoms with E-state index in [0.717, 1.165) is 42.5 Å². The van der Waals surface area contributed by atoms with E-state index in [2.05, 4.69) is 34.0 Å². The summed E-state index contributed by atoms with van der Waals surface area (Å²) in [6.07, 6.45) is 3.43. The lowest BCUT2D eigenvalue weighted by molar-refractivity contribution is 0.104. The maximum absolute atomic E-state index is 12.9. The van der Waals surface area contributed by atoms with Crippen molar-refractivity contribution in [3.05, 3.63) is 111 Å². The van der Waals surface area contributed by atoms with Crippen molar-refractivity contribution in [2.75, 3.05) is 12.4 Å². The minimum Gasteiger partial charge on any atom is -0.496 e. The van der Waals surface area contributed by atoms with Gasteiger partial charge in [-0.3, -0.25) is 4.79 Å². The number of rotatable bonds is 7. The highest BCUT2D eigenvalue weighted by atomic mass is 127. The monoisotopic (exact) mass is 591 g/mol. The second-order valence-electron chi connectivity index (χ2n) is 7.95. The number of fused-ring (bicyclic) bond motifs is 2. The van der Waals surface area contributed by atoms with Crippen LogP contribution in [0.25, 0.3) is 6.08 Å². The average molecular weight is 591 g/mol. The summed E-state index contributed by atoms with van der Waals surface area (Å²) in [5.41, 5.74) is 4.47. The summed E-state index contributed by atoms with van der Waals surface area (Å²) >= 11 is 3.97. The van der Waals surface area contributed by atoms with Crippen molar-refractivity contribution in [1.29, 1.82) is 0 Å². The van der Waals surface area contributed by atoms with Gasteiger partial charge in [0.05, 0.1) is 18.5 Å². The molecule has 0 bridgehead atoms. The Morgan fingerprint density at radius 1 is 0.943 bits per heavy atom. The van der Waals surface area contributed by atoms with Gasteiger partial charge in [-0.05, 0) is 101 Å². The SMILES string of the molecule is COc1ccc(/C=C/C(=O)c2ccc3c(c2)Nc2ccccc2S3)cc1COc1ccc(I)cc1. The molecule has 6 heteroatoms. The highest BCUT2D eigenvalue weighted by molar-refractivity contribution is 14.1. The summed E-state index contributed by atoms with van der Waals surface area (Å²) in [4.78, 5) is 15.2. The molecule has 0 saturated carbocycles. The van der Waals surface area contributed by atoms with E-state index in [-0.39, 0.29) is 5.78 Å². The van der Waals surface area contributed by atoms with Crippen LogP contribution in [0.5, 0.6) is 11.5 Å². The van der Waals surface area contributed by atoms with Gasteiger partial charge in [0.1, 0.15) is 18.1 Å². The lowest BCUT2D eigenvalue weighted by atomic mass is 10.1. The maximum Gasteiger partial charge on any atom is 0.185 e. The maximum atomic E-state index is 12.9. The summed E-state index contributed by atoms with van der Waals surface area (Å²) in [7, 11) is 1.64. The third kappa shape index (κ3) is 5.55. The van der Waals surface area contributed by atoms with Gasteiger partial charge in [0, 0.05) is 24.5 Å². The number of para-hydroxylation sites is 1. The van der Waals surface area contributed by atoms with Gasteiger partial charge in [-0.15, -0.1) is 0 Å². The number of anilines is 2. The minimum absolute atomic E-state index is 0.0500. The molecule has 0 spiro atoms. The molecule has 0 aromatic heterocycles. The molecule has 4 aromatic carbocycles. The lowest BCUT2D eigenvalue weighted by Crippen LogP contribution is -2.02. The Labute approximate surface area is 222 Å². The number of hydrogen-bond acceptors (Lipinski definition) is 5. The zero-order chi connectivity index (χ0) is 24.2. The number of ketones is 1. The predicted molar refractivity (Wildman–Crippen MR) is 150 cm³/mol. The summed E-state index contributed by atoms with van der Waals surface area (Å²) in [5.74, 6) is 1.49. The molecular weight excluding hydrogens is 569 g/mol. The van der Waals surface area contributed by atoms with E-state index in [9.17, 15) is 4.79 Å². The van der Waals surface area contributed by atoms with Crippen molar-refractivity contribution in [3.8, 4) is 11.5 Å². The summed E-state index contributed by atoms with van der Waals surface area (Å²) in [6.45, 7) is 0.370. The molecule has 0 unspecified atom stereocenters. The Morgan fingerprint density at radius 3 is 2.57 bits per heavy atom. The molecule has 1 aliphatic heterocycles. The van der Waals surface area contributed by atoms with Crippen molar-refractivity contribution in [2.24, 2.45) is 0 Å². The molecule has 4 nitrogen and oxygen atoms in total. The van der Waals surface area contributed by atoms with Gasteiger partial charge >= 0.3 is 0 Å². The van der Waals surface area contributed by atoms with Gasteiger partial charge < -0.3 is 14.8 Å². The summed E-state index contributed by atoms with van der Waals surface area (Å²) in [6, 6.07) is 27.7. The van der Waals surface area contributed by atoms with Crippen molar-refractivity contribution < 1.29 is 14.3 Å². The fourth-order valence-corrected chi connectivity index (χ4v) is 5.10. The average Bonchev–Trinajstić information content (AvgIpc) is 2.90. The first-order valence-electron chi connectivity index (χ1n) is 11.0. The number of halogens is 1. The van der Waals surface area contributed by atoms with Gasteiger partial charge in [0.15, 0.2) is 5.78 Å². The summed E-state index contributed by atoms with van der Waals surface area (Å²) < 4.78 is 12.6. The number of allylic oxidation sites excluding steroid dienone is 1. The molecule has 0 aliphatic carbocycles. The van der Waals surface area contributed by atoms with Crippen molar-refractivity contribution in [3.63, 3.8) is 0 Å². The van der Waals surface area contributed by atoms with E-state index in [1.165, 1.54) is 4.90 Å². The molecule has 0 radical (unpaired) electrons. The first-order chi connectivity index (χ1) is 17.1. The van der Waals surface area contributed by atoms with E-state index in [1.807, 2.05) is 84.9 Å². The largest absolute Gasteiger partial charge is 0.496 e. The van der Waals surface area contributed by atoms with E-state index in [4.69, 9.17) is 9.47 Å². The molecular formula is C29H22INO3S. The number of carbonyl (C=O) groups excluding carboxylic acids is 1. The topological polar surface area (TPSA) is 47.6 Å². The number of methoxy groups -OCH3 is 1. The second-order valence-corrected chi connectivity index (χ2v) is 10.3. The first-order valence-corrected chi connectivity index (χ1v) is 12.9. The zero-order valence-corrected chi connectivity index (χ0v) is 21.9. The quantitative estimate of drug-likeness (QED) is 0.118. The molecule has 5 rings (SSSR count). The highest BCUT2D eigenvalue weighted by Crippen LogP contribution is 2.44. The highest BCUT2D eigenvalue weighted by Gasteiger charge is 2.16. The third-order valence-corrected chi connectivity index (χ3v) is 7.45. The van der Waals surface area contributed by atoms with E-state index >= 15 is 0 Å². The fourth-order valence-electron chi connectivity index (χ4n) is 3.77. The Morgan fingerprint density at radius 2 is 1.74 bits per heavy atom. The van der Waals surface area contributed by atoms with Crippen molar-refractivity contribution >= 4 is 57.6 Å². The van der Waals surface area contributed by atoms with E-state index in [1.54, 1.807) is 24.9 Å². The van der Waals surface area contributed by atoms with Gasteiger partial charge in [-0.1, -0.05) is 36.0 Å². The third-order valence-electron chi connectivity index (χ3n) is 5.58. The van der Waals surface area contributed by atoms with Gasteiger partial charge in [-0.2, -0.15) is 0 Å². The van der Waals surface area contributed by atoms with Crippen LogP contribution in [-0.2, 0) is 6.61 Å². The standard InChI is InChI=1S/C29H22INO3S/c1-33-27-14-7-19(16-21(27)18-34-23-11-9-22(30)10-12-23)6-13-26(32)20-8-15-29-25(17-20)31-24-4-2-3-5-28(24)35-29/h2-17,31H,18H2,1H3/b13-6+. The Kier molecular flexibility index (Phi) is 7.11. The predicted octanol–water partition coefficient (Wildman–Crippen LogP) is 7.98. The number of hydrogen-bond donors (Lipinski definition) is 1. The van der Waals surface area contributed by atoms with Crippen LogP contribution in [-0.4, -0.2) is 12.9 Å². The van der Waals surface area contributed by atoms with Gasteiger partial charge in [0.2, 0.25) is 0 Å². The molecule has 1 N–H and O–H groups in total. The smallest absolute Gasteiger partial charge is 0.185 e. The van der Waals surface area contributed by atoms with Crippen molar-refractivity contribution in [2.45, 2.75) is 16.4 Å². The van der Waals surface area contributed by atoms with Crippen LogP contribution in [0.3, 0.4) is 0 Å². The number of ether oxygens (including phenoxy) is 2. The molecule has 4 aromatic rings. The first kappa shape index (κ1) is 23.5. The Balaban J connectivity index is 1.30. The van der Waals surface area contributed by atoms with Crippen LogP contribution in [0, 0.1) is 3.57 Å². The molecule has 0 atom stereocenters. The molecule has 1 heterocycles. The molecule has 0 fully saturated rings. The van der Waals surface area contributed by atoms with Crippen LogP contribution in [0.4, 0.5) is 11.4 Å². The number of carbonyl (C=O) groups is 1. The molecule has 1 aliphatic rings. The minimum atomic E-state index is -0.0500. The fraction of sp³-hybridized carbons (Fsp3) is 0.0690. The summed E-state index contributed by atoms with van der Waals surface area (Å²) in [5, 5.41) is 3.43. The Bertz CT molecular complexity index is 1420. The molecule has 174 valence electrons. The number of nitrogens with one attached hydrogen (secondary N) is 1. The van der Waals surface area contributed by atoms with Crippen LogP contribution in [0.15, 0.2) is 101 Å². The molecule has 0 amide bonds. The van der Waals surface area contributed by atoms with Crippen LogP contribution >= 0.6 is 34.4 Å². The van der Waals surface area contributed by atoms with Gasteiger partial charge in [0.25, 0.3) is 0 Å². The second kappa shape index (κ2) is 10.6. The van der Waals surface area contributed by atoms with Crippen LogP contribution in [0.1, 0.15) is 21.5 Å². The Hall–Kier alpha value is -3.23. The van der Waals surface area contributed by atoms with Crippen molar-refractivity contribution in [1.82, 2.24) is 0 Å². The lowest BCUT2D eigenvalue weighted by Gasteiger charge is -2.20.